The van der Waals surface area contributed by atoms with Crippen LogP contribution in [0.1, 0.15) is 12.5 Å². The Balaban J connectivity index is 3.38. The van der Waals surface area contributed by atoms with Crippen LogP contribution in [0.3, 0.4) is 0 Å². The molecule has 0 bridgehead atoms. The molecule has 0 aliphatic heterocycles. The lowest BCUT2D eigenvalue weighted by Crippen LogP contribution is -2.32. The van der Waals surface area contributed by atoms with E-state index in [0.29, 0.717) is 5.75 Å². The maximum atomic E-state index is 10.9. The highest BCUT2D eigenvalue weighted by atomic mass is 35.5. The van der Waals surface area contributed by atoms with E-state index in [9.17, 15) is 9.90 Å². The lowest BCUT2D eigenvalue weighted by Gasteiger charge is -2.20. The third-order valence-electron chi connectivity index (χ3n) is 2.21. The Morgan fingerprint density at radius 2 is 1.94 bits per heavy atom. The molecule has 4 nitrogen and oxygen atoms in total. The molecular formula is C10H10Cl2O4. The number of hydrogen-bond acceptors (Lipinski definition) is 3. The van der Waals surface area contributed by atoms with Gasteiger partial charge >= 0.3 is 5.97 Å². The van der Waals surface area contributed by atoms with Crippen LogP contribution < -0.4 is 4.74 Å². The summed E-state index contributed by atoms with van der Waals surface area (Å²) in [6.07, 6.45) is 0. The molecule has 0 aliphatic carbocycles. The molecule has 0 aromatic heterocycles. The Morgan fingerprint density at radius 1 is 1.38 bits per heavy atom. The monoisotopic (exact) mass is 264 g/mol. The number of carbonyl (C=O) groups is 1. The highest BCUT2D eigenvalue weighted by Crippen LogP contribution is 2.38. The molecule has 6 heteroatoms. The van der Waals surface area contributed by atoms with E-state index in [-0.39, 0.29) is 15.6 Å². The number of carboxylic acids is 1. The van der Waals surface area contributed by atoms with Gasteiger partial charge in [0.25, 0.3) is 0 Å². The van der Waals surface area contributed by atoms with Crippen molar-refractivity contribution in [1.29, 1.82) is 0 Å². The predicted octanol–water partition coefficient (Wildman–Crippen LogP) is 2.29. The summed E-state index contributed by atoms with van der Waals surface area (Å²) in [4.78, 5) is 10.9. The summed E-state index contributed by atoms with van der Waals surface area (Å²) < 4.78 is 4.91. The van der Waals surface area contributed by atoms with Crippen LogP contribution in [0.5, 0.6) is 5.75 Å². The molecule has 2 N–H and O–H groups in total. The average Bonchev–Trinajstić information content (AvgIpc) is 2.21. The first kappa shape index (κ1) is 13.1. The fourth-order valence-electron chi connectivity index (χ4n) is 1.18. The Hall–Kier alpha value is -0.970. The van der Waals surface area contributed by atoms with Crippen LogP contribution >= 0.6 is 23.2 Å². The highest BCUT2D eigenvalue weighted by molar-refractivity contribution is 6.43. The Bertz CT molecular complexity index is 429. The summed E-state index contributed by atoms with van der Waals surface area (Å²) >= 11 is 11.7. The smallest absolute Gasteiger partial charge is 0.340 e. The summed E-state index contributed by atoms with van der Waals surface area (Å²) in [5, 5.41) is 18.6. The first-order valence-corrected chi connectivity index (χ1v) is 5.06. The van der Waals surface area contributed by atoms with Crippen molar-refractivity contribution in [2.24, 2.45) is 0 Å². The summed E-state index contributed by atoms with van der Waals surface area (Å²) in [7, 11) is 1.41. The molecule has 0 saturated heterocycles. The fourth-order valence-corrected chi connectivity index (χ4v) is 1.76. The van der Waals surface area contributed by atoms with Crippen molar-refractivity contribution in [3.8, 4) is 5.75 Å². The van der Waals surface area contributed by atoms with E-state index >= 15 is 0 Å². The highest BCUT2D eigenvalue weighted by Gasteiger charge is 2.35. The number of hydrogen-bond donors (Lipinski definition) is 2. The molecule has 0 amide bonds. The van der Waals surface area contributed by atoms with Gasteiger partial charge in [-0.3, -0.25) is 0 Å². The number of methoxy groups -OCH3 is 1. The van der Waals surface area contributed by atoms with Gasteiger partial charge in [-0.2, -0.15) is 0 Å². The molecule has 0 saturated carbocycles. The van der Waals surface area contributed by atoms with Gasteiger partial charge in [0.05, 0.1) is 12.1 Å². The molecule has 0 aliphatic rings. The van der Waals surface area contributed by atoms with Crippen molar-refractivity contribution in [3.63, 3.8) is 0 Å². The lowest BCUT2D eigenvalue weighted by molar-refractivity contribution is -0.157. The van der Waals surface area contributed by atoms with Crippen molar-refractivity contribution >= 4 is 29.2 Å². The molecule has 16 heavy (non-hydrogen) atoms. The van der Waals surface area contributed by atoms with E-state index in [1.54, 1.807) is 0 Å². The van der Waals surface area contributed by atoms with Gasteiger partial charge in [0.1, 0.15) is 10.8 Å². The number of aliphatic carboxylic acids is 1. The van der Waals surface area contributed by atoms with E-state index in [4.69, 9.17) is 33.0 Å². The molecule has 0 radical (unpaired) electrons. The first-order chi connectivity index (χ1) is 7.32. The van der Waals surface area contributed by atoms with E-state index in [1.807, 2.05) is 0 Å². The fraction of sp³-hybridized carbons (Fsp3) is 0.300. The van der Waals surface area contributed by atoms with Gasteiger partial charge in [-0.1, -0.05) is 29.3 Å². The van der Waals surface area contributed by atoms with Gasteiger partial charge in [-0.05, 0) is 13.0 Å². The molecule has 0 heterocycles. The quantitative estimate of drug-likeness (QED) is 0.879. The lowest BCUT2D eigenvalue weighted by atomic mass is 9.96. The second kappa shape index (κ2) is 4.49. The zero-order chi connectivity index (χ0) is 12.5. The van der Waals surface area contributed by atoms with Gasteiger partial charge in [0.2, 0.25) is 0 Å². The van der Waals surface area contributed by atoms with Crippen molar-refractivity contribution in [2.45, 2.75) is 12.5 Å². The SMILES string of the molecule is COc1ccc(C(C)(O)C(=O)O)c(Cl)c1Cl. The second-order valence-electron chi connectivity index (χ2n) is 3.32. The third-order valence-corrected chi connectivity index (χ3v) is 3.07. The van der Waals surface area contributed by atoms with Crippen LogP contribution in [0.4, 0.5) is 0 Å². The minimum Gasteiger partial charge on any atom is -0.495 e. The maximum Gasteiger partial charge on any atom is 0.340 e. The van der Waals surface area contributed by atoms with E-state index in [2.05, 4.69) is 0 Å². The Labute approximate surface area is 102 Å². The predicted molar refractivity (Wildman–Crippen MR) is 60.2 cm³/mol. The van der Waals surface area contributed by atoms with Gasteiger partial charge in [0.15, 0.2) is 5.60 Å². The second-order valence-corrected chi connectivity index (χ2v) is 4.08. The number of rotatable bonds is 3. The summed E-state index contributed by atoms with van der Waals surface area (Å²) in [6, 6.07) is 2.81. The van der Waals surface area contributed by atoms with Crippen molar-refractivity contribution < 1.29 is 19.7 Å². The number of benzene rings is 1. The molecule has 0 spiro atoms. The van der Waals surface area contributed by atoms with Crippen LogP contribution in [0.25, 0.3) is 0 Å². The van der Waals surface area contributed by atoms with Gasteiger partial charge in [0, 0.05) is 5.56 Å². The standard InChI is InChI=1S/C10H10Cl2O4/c1-10(15,9(13)14)5-3-4-6(16-2)8(12)7(5)11/h3-4,15H,1-2H3,(H,13,14). The zero-order valence-electron chi connectivity index (χ0n) is 8.62. The van der Waals surface area contributed by atoms with Gasteiger partial charge in [-0.15, -0.1) is 0 Å². The molecule has 1 atom stereocenters. The molecule has 1 rings (SSSR count). The molecule has 1 unspecified atom stereocenters. The summed E-state index contributed by atoms with van der Waals surface area (Å²) in [5.41, 5.74) is -2.07. The maximum absolute atomic E-state index is 10.9. The number of halogens is 2. The van der Waals surface area contributed by atoms with Crippen LogP contribution in [-0.4, -0.2) is 23.3 Å². The van der Waals surface area contributed by atoms with E-state index in [0.717, 1.165) is 6.92 Å². The van der Waals surface area contributed by atoms with Crippen LogP contribution in [-0.2, 0) is 10.4 Å². The van der Waals surface area contributed by atoms with Crippen molar-refractivity contribution in [3.05, 3.63) is 27.7 Å². The minimum absolute atomic E-state index is 0.0208. The van der Waals surface area contributed by atoms with Gasteiger partial charge in [-0.25, -0.2) is 4.79 Å². The molecule has 1 aromatic rings. The van der Waals surface area contributed by atoms with Crippen LogP contribution in [0, 0.1) is 0 Å². The molecule has 0 fully saturated rings. The van der Waals surface area contributed by atoms with Gasteiger partial charge < -0.3 is 14.9 Å². The summed E-state index contributed by atoms with van der Waals surface area (Å²) in [6.45, 7) is 1.12. The summed E-state index contributed by atoms with van der Waals surface area (Å²) in [5.74, 6) is -1.09. The number of carboxylic acid groups (broad SMARTS) is 1. The first-order valence-electron chi connectivity index (χ1n) is 4.30. The number of ether oxygens (including phenoxy) is 1. The molecule has 88 valence electrons. The zero-order valence-corrected chi connectivity index (χ0v) is 10.1. The largest absolute Gasteiger partial charge is 0.495 e. The number of aliphatic hydroxyl groups is 1. The Kier molecular flexibility index (Phi) is 3.68. The van der Waals surface area contributed by atoms with E-state index in [1.165, 1.54) is 19.2 Å². The normalized spacial score (nSPS) is 14.3. The minimum atomic E-state index is -2.09. The molecular weight excluding hydrogens is 255 g/mol. The average molecular weight is 265 g/mol. The van der Waals surface area contributed by atoms with Crippen LogP contribution in [0.2, 0.25) is 10.0 Å². The van der Waals surface area contributed by atoms with Crippen molar-refractivity contribution in [1.82, 2.24) is 0 Å². The Morgan fingerprint density at radius 3 is 2.38 bits per heavy atom. The van der Waals surface area contributed by atoms with E-state index < -0.39 is 11.6 Å². The third kappa shape index (κ3) is 2.09. The van der Waals surface area contributed by atoms with Crippen LogP contribution in [0.15, 0.2) is 12.1 Å². The molecule has 1 aromatic carbocycles. The topological polar surface area (TPSA) is 66.8 Å². The van der Waals surface area contributed by atoms with Crippen molar-refractivity contribution in [2.75, 3.05) is 7.11 Å².